The maximum atomic E-state index is 6.40. The van der Waals surface area contributed by atoms with Gasteiger partial charge in [0, 0.05) is 0 Å². The van der Waals surface area contributed by atoms with E-state index in [0.717, 1.165) is 19.3 Å². The lowest BCUT2D eigenvalue weighted by atomic mass is 9.70. The summed E-state index contributed by atoms with van der Waals surface area (Å²) in [5.41, 5.74) is 1.51. The Morgan fingerprint density at radius 2 is 1.12 bits per heavy atom. The van der Waals surface area contributed by atoms with Gasteiger partial charge in [0.2, 0.25) is 5.79 Å². The van der Waals surface area contributed by atoms with Gasteiger partial charge in [-0.3, -0.25) is 0 Å². The van der Waals surface area contributed by atoms with E-state index in [1.807, 2.05) is 12.1 Å². The summed E-state index contributed by atoms with van der Waals surface area (Å²) in [6.07, 6.45) is 2.97. The van der Waals surface area contributed by atoms with Crippen LogP contribution in [0.2, 0.25) is 0 Å². The fraction of sp³-hybridized carbons (Fsp3) is 0.455. The molecular weight excluding hydrogens is 328 g/mol. The number of hydrogen-bond donors (Lipinski definition) is 0. The molecule has 0 aromatic heterocycles. The van der Waals surface area contributed by atoms with E-state index in [2.05, 4.69) is 48.5 Å². The monoisotopic (exact) mass is 350 g/mol. The molecule has 4 aliphatic rings. The Morgan fingerprint density at radius 3 is 1.58 bits per heavy atom. The van der Waals surface area contributed by atoms with Gasteiger partial charge in [0.05, 0.1) is 13.2 Å². The predicted octanol–water partition coefficient (Wildman–Crippen LogP) is 3.93. The zero-order valence-corrected chi connectivity index (χ0v) is 14.6. The van der Waals surface area contributed by atoms with Crippen LogP contribution in [0.3, 0.4) is 0 Å². The third-order valence-electron chi connectivity index (χ3n) is 6.50. The molecule has 4 nitrogen and oxygen atoms in total. The summed E-state index contributed by atoms with van der Waals surface area (Å²) >= 11 is 0. The highest BCUT2D eigenvalue weighted by molar-refractivity contribution is 5.39. The van der Waals surface area contributed by atoms with Crippen molar-refractivity contribution in [2.45, 2.75) is 48.5 Å². The fourth-order valence-corrected chi connectivity index (χ4v) is 5.37. The smallest absolute Gasteiger partial charge is 0.234 e. The van der Waals surface area contributed by atoms with Crippen LogP contribution in [0.4, 0.5) is 0 Å². The van der Waals surface area contributed by atoms with E-state index in [4.69, 9.17) is 18.9 Å². The van der Waals surface area contributed by atoms with Crippen LogP contribution in [-0.4, -0.2) is 30.2 Å². The zero-order valence-electron chi connectivity index (χ0n) is 14.6. The zero-order chi connectivity index (χ0) is 17.2. The summed E-state index contributed by atoms with van der Waals surface area (Å²) in [6, 6.07) is 20.8. The first-order valence-electron chi connectivity index (χ1n) is 9.55. The quantitative estimate of drug-likeness (QED) is 0.770. The van der Waals surface area contributed by atoms with Gasteiger partial charge in [0.1, 0.15) is 12.2 Å². The number of fused-ring (bicyclic) bond motifs is 2. The molecule has 26 heavy (non-hydrogen) atoms. The van der Waals surface area contributed by atoms with E-state index in [1.165, 1.54) is 11.1 Å². The lowest BCUT2D eigenvalue weighted by Crippen LogP contribution is -2.61. The van der Waals surface area contributed by atoms with Crippen molar-refractivity contribution in [1.82, 2.24) is 0 Å². The molecule has 3 aliphatic heterocycles. The van der Waals surface area contributed by atoms with Crippen molar-refractivity contribution in [2.75, 3.05) is 13.2 Å². The predicted molar refractivity (Wildman–Crippen MR) is 94.5 cm³/mol. The van der Waals surface area contributed by atoms with Crippen molar-refractivity contribution in [3.05, 3.63) is 71.8 Å². The van der Waals surface area contributed by atoms with Gasteiger partial charge in [0.15, 0.2) is 11.2 Å². The first kappa shape index (κ1) is 15.3. The molecule has 3 spiro atoms. The number of ether oxygens (including phenoxy) is 4. The lowest BCUT2D eigenvalue weighted by molar-refractivity contribution is -0.258. The number of hydrogen-bond acceptors (Lipinski definition) is 4. The van der Waals surface area contributed by atoms with Gasteiger partial charge in [-0.25, -0.2) is 0 Å². The third-order valence-corrected chi connectivity index (χ3v) is 6.50. The molecule has 0 N–H and O–H groups in total. The van der Waals surface area contributed by atoms with E-state index < -0.39 is 17.0 Å². The molecule has 3 saturated heterocycles. The maximum Gasteiger partial charge on any atom is 0.234 e. The molecule has 4 atom stereocenters. The normalized spacial score (nSPS) is 39.5. The number of epoxide rings is 2. The van der Waals surface area contributed by atoms with Crippen LogP contribution in [0.15, 0.2) is 60.7 Å². The molecule has 4 unspecified atom stereocenters. The highest BCUT2D eigenvalue weighted by atomic mass is 16.8. The largest absolute Gasteiger partial charge is 0.355 e. The first-order valence-corrected chi connectivity index (χ1v) is 9.55. The van der Waals surface area contributed by atoms with Crippen LogP contribution < -0.4 is 0 Å². The van der Waals surface area contributed by atoms with Crippen molar-refractivity contribution >= 4 is 0 Å². The SMILES string of the molecule is c1ccc(C2OC23CCCC2(OC2c2ccccc2)C32OCCO2)cc1. The van der Waals surface area contributed by atoms with Crippen molar-refractivity contribution < 1.29 is 18.9 Å². The summed E-state index contributed by atoms with van der Waals surface area (Å²) in [5.74, 6) is -0.806. The molecule has 0 amide bonds. The van der Waals surface area contributed by atoms with Crippen molar-refractivity contribution in [3.63, 3.8) is 0 Å². The molecule has 2 aromatic carbocycles. The Labute approximate surface area is 153 Å². The molecule has 1 aliphatic carbocycles. The van der Waals surface area contributed by atoms with E-state index in [1.54, 1.807) is 0 Å². The number of rotatable bonds is 2. The molecule has 134 valence electrons. The summed E-state index contributed by atoms with van der Waals surface area (Å²) in [7, 11) is 0. The first-order chi connectivity index (χ1) is 12.8. The van der Waals surface area contributed by atoms with Crippen LogP contribution in [-0.2, 0) is 18.9 Å². The Hall–Kier alpha value is -1.72. The Balaban J connectivity index is 1.41. The molecule has 1 saturated carbocycles. The summed E-state index contributed by atoms with van der Waals surface area (Å²) in [4.78, 5) is 0. The van der Waals surface area contributed by atoms with Crippen molar-refractivity contribution in [1.29, 1.82) is 0 Å². The van der Waals surface area contributed by atoms with Gasteiger partial charge < -0.3 is 18.9 Å². The van der Waals surface area contributed by atoms with Gasteiger partial charge in [-0.1, -0.05) is 60.7 Å². The van der Waals surface area contributed by atoms with Crippen molar-refractivity contribution in [3.8, 4) is 0 Å². The minimum Gasteiger partial charge on any atom is -0.355 e. The lowest BCUT2D eigenvalue weighted by Gasteiger charge is -2.43. The Morgan fingerprint density at radius 1 is 0.654 bits per heavy atom. The minimum atomic E-state index is -0.806. The maximum absolute atomic E-state index is 6.40. The number of benzene rings is 2. The average Bonchev–Trinajstić information content (AvgIpc) is 3.56. The van der Waals surface area contributed by atoms with Crippen LogP contribution in [0.25, 0.3) is 0 Å². The van der Waals surface area contributed by atoms with Gasteiger partial charge in [-0.05, 0) is 30.4 Å². The highest BCUT2D eigenvalue weighted by Gasteiger charge is 2.87. The van der Waals surface area contributed by atoms with E-state index in [0.29, 0.717) is 13.2 Å². The second-order valence-corrected chi connectivity index (χ2v) is 7.76. The summed E-state index contributed by atoms with van der Waals surface area (Å²) < 4.78 is 25.5. The minimum absolute atomic E-state index is 0.0135. The van der Waals surface area contributed by atoms with Crippen molar-refractivity contribution in [2.24, 2.45) is 0 Å². The molecular formula is C22H22O4. The highest BCUT2D eigenvalue weighted by Crippen LogP contribution is 2.74. The van der Waals surface area contributed by atoms with E-state index >= 15 is 0 Å². The molecule has 4 fully saturated rings. The summed E-state index contributed by atoms with van der Waals surface area (Å²) in [5, 5.41) is 0. The van der Waals surface area contributed by atoms with Gasteiger partial charge in [-0.2, -0.15) is 0 Å². The van der Waals surface area contributed by atoms with Gasteiger partial charge >= 0.3 is 0 Å². The van der Waals surface area contributed by atoms with Crippen LogP contribution in [0.1, 0.15) is 42.6 Å². The van der Waals surface area contributed by atoms with Crippen LogP contribution >= 0.6 is 0 Å². The average molecular weight is 350 g/mol. The standard InChI is InChI=1S/C22H22O4/c1-3-8-16(9-4-1)18-20(25-18)12-7-13-21(22(20)23-14-15-24-22)19(26-21)17-10-5-2-6-11-17/h1-6,8-11,18-19H,7,12-15H2. The Kier molecular flexibility index (Phi) is 3.05. The molecule has 0 radical (unpaired) electrons. The summed E-state index contributed by atoms with van der Waals surface area (Å²) in [6.45, 7) is 1.19. The van der Waals surface area contributed by atoms with E-state index in [9.17, 15) is 0 Å². The third kappa shape index (κ3) is 1.78. The topological polar surface area (TPSA) is 43.5 Å². The molecule has 3 heterocycles. The molecule has 6 rings (SSSR count). The molecule has 4 heteroatoms. The second-order valence-electron chi connectivity index (χ2n) is 7.76. The van der Waals surface area contributed by atoms with Crippen LogP contribution in [0.5, 0.6) is 0 Å². The fourth-order valence-electron chi connectivity index (χ4n) is 5.37. The van der Waals surface area contributed by atoms with Gasteiger partial charge in [0.25, 0.3) is 0 Å². The Bertz CT molecular complexity index is 753. The van der Waals surface area contributed by atoms with Gasteiger partial charge in [-0.15, -0.1) is 0 Å². The second kappa shape index (κ2) is 5.17. The molecule has 0 bridgehead atoms. The molecule has 2 aromatic rings. The van der Waals surface area contributed by atoms with E-state index in [-0.39, 0.29) is 12.2 Å². The van der Waals surface area contributed by atoms with Crippen LogP contribution in [0, 0.1) is 0 Å².